The molecule has 3 aromatic rings. The lowest BCUT2D eigenvalue weighted by molar-refractivity contribution is -0.117. The number of aromatic nitrogens is 2. The van der Waals surface area contributed by atoms with E-state index < -0.39 is 11.9 Å². The van der Waals surface area contributed by atoms with E-state index >= 15 is 0 Å². The van der Waals surface area contributed by atoms with Gasteiger partial charge in [-0.25, -0.2) is 14.8 Å². The van der Waals surface area contributed by atoms with Crippen LogP contribution in [0, 0.1) is 5.92 Å². The number of hydrogen-bond donors (Lipinski definition) is 3. The fraction of sp³-hybridized carbons (Fsp3) is 0.333. The maximum Gasteiger partial charge on any atom is 0.325 e. The summed E-state index contributed by atoms with van der Waals surface area (Å²) in [4.78, 5) is 35.5. The Bertz CT molecular complexity index is 1230. The molecule has 0 radical (unpaired) electrons. The van der Waals surface area contributed by atoms with Crippen LogP contribution in [-0.2, 0) is 17.6 Å². The summed E-state index contributed by atoms with van der Waals surface area (Å²) in [5.41, 5.74) is 7.99. The van der Waals surface area contributed by atoms with Crippen LogP contribution in [-0.4, -0.2) is 34.5 Å². The number of thiophene rings is 1. The number of benzene rings is 1. The summed E-state index contributed by atoms with van der Waals surface area (Å²) in [6.45, 7) is 2.40. The molecule has 4 N–H and O–H groups in total. The number of hydrogen-bond acceptors (Lipinski definition) is 9. The number of imide groups is 1. The van der Waals surface area contributed by atoms with Crippen LogP contribution in [0.15, 0.2) is 23.4 Å². The lowest BCUT2D eigenvalue weighted by Crippen LogP contribution is -2.35. The van der Waals surface area contributed by atoms with Crippen LogP contribution in [0.5, 0.6) is 11.5 Å². The first-order valence-corrected chi connectivity index (χ1v) is 12.0. The van der Waals surface area contributed by atoms with Gasteiger partial charge in [0.1, 0.15) is 10.6 Å². The normalized spacial score (nSPS) is 16.6. The van der Waals surface area contributed by atoms with Crippen molar-refractivity contribution in [1.29, 1.82) is 0 Å². The van der Waals surface area contributed by atoms with Gasteiger partial charge in [-0.05, 0) is 42.9 Å². The number of nitrogens with two attached hydrogens (primary N) is 1. The van der Waals surface area contributed by atoms with Gasteiger partial charge in [0, 0.05) is 16.6 Å². The summed E-state index contributed by atoms with van der Waals surface area (Å²) in [6, 6.07) is 4.36. The standard InChI is InChI=1S/C21H21N5O4S2/c1-10-2-4-12-15(6-10)32-19-17(12)18(22)25-21(26-19)31-8-16(27)24-20(28)23-11-3-5-13-14(7-11)30-9-29-13/h3,5,7,10H,2,4,6,8-9H2,1H3,(H2,22,25,26)(H2,23,24,27,28). The summed E-state index contributed by atoms with van der Waals surface area (Å²) in [5.74, 6) is 1.79. The molecule has 1 aliphatic carbocycles. The molecular formula is C21H21N5O4S2. The van der Waals surface area contributed by atoms with E-state index in [0.29, 0.717) is 34.1 Å². The van der Waals surface area contributed by atoms with Gasteiger partial charge >= 0.3 is 6.03 Å². The van der Waals surface area contributed by atoms with Gasteiger partial charge in [0.05, 0.1) is 11.1 Å². The van der Waals surface area contributed by atoms with E-state index in [2.05, 4.69) is 27.5 Å². The highest BCUT2D eigenvalue weighted by Crippen LogP contribution is 2.40. The van der Waals surface area contributed by atoms with E-state index in [0.717, 1.165) is 41.2 Å². The zero-order valence-corrected chi connectivity index (χ0v) is 18.9. The summed E-state index contributed by atoms with van der Waals surface area (Å²) in [5, 5.41) is 6.27. The molecule has 0 spiro atoms. The number of aryl methyl sites for hydroxylation is 1. The number of amides is 3. The molecule has 3 heterocycles. The van der Waals surface area contributed by atoms with Crippen LogP contribution in [0.1, 0.15) is 23.8 Å². The predicted octanol–water partition coefficient (Wildman–Crippen LogP) is 3.57. The van der Waals surface area contributed by atoms with Gasteiger partial charge in [0.2, 0.25) is 12.7 Å². The van der Waals surface area contributed by atoms with Crippen molar-refractivity contribution in [2.45, 2.75) is 31.3 Å². The Morgan fingerprint density at radius 1 is 1.28 bits per heavy atom. The van der Waals surface area contributed by atoms with Crippen molar-refractivity contribution >= 4 is 56.8 Å². The molecule has 1 aliphatic heterocycles. The lowest BCUT2D eigenvalue weighted by atomic mass is 9.89. The van der Waals surface area contributed by atoms with Crippen molar-refractivity contribution in [2.24, 2.45) is 5.92 Å². The van der Waals surface area contributed by atoms with Crippen molar-refractivity contribution in [3.05, 3.63) is 28.6 Å². The highest BCUT2D eigenvalue weighted by Gasteiger charge is 2.23. The van der Waals surface area contributed by atoms with Crippen LogP contribution >= 0.6 is 23.1 Å². The minimum absolute atomic E-state index is 0.0123. The first-order chi connectivity index (χ1) is 15.5. The highest BCUT2D eigenvalue weighted by molar-refractivity contribution is 7.99. The SMILES string of the molecule is CC1CCc2c(sc3nc(SCC(=O)NC(=O)Nc4ccc5c(c4)OCO5)nc(N)c23)C1. The van der Waals surface area contributed by atoms with Gasteiger partial charge in [-0.1, -0.05) is 18.7 Å². The second-order valence-corrected chi connectivity index (χ2v) is 9.81. The maximum atomic E-state index is 12.2. The molecule has 0 bridgehead atoms. The molecule has 1 unspecified atom stereocenters. The van der Waals surface area contributed by atoms with E-state index in [1.807, 2.05) is 0 Å². The third kappa shape index (κ3) is 4.17. The monoisotopic (exact) mass is 471 g/mol. The third-order valence-electron chi connectivity index (χ3n) is 5.38. The van der Waals surface area contributed by atoms with E-state index in [1.54, 1.807) is 29.5 Å². The fourth-order valence-electron chi connectivity index (χ4n) is 3.84. The number of carbonyl (C=O) groups excluding carboxylic acids is 2. The Morgan fingerprint density at radius 3 is 3.00 bits per heavy atom. The zero-order valence-electron chi connectivity index (χ0n) is 17.3. The van der Waals surface area contributed by atoms with Crippen molar-refractivity contribution in [2.75, 3.05) is 23.6 Å². The maximum absolute atomic E-state index is 12.2. The van der Waals surface area contributed by atoms with Crippen molar-refractivity contribution in [3.8, 4) is 11.5 Å². The molecule has 9 nitrogen and oxygen atoms in total. The molecule has 0 saturated carbocycles. The van der Waals surface area contributed by atoms with Crippen molar-refractivity contribution < 1.29 is 19.1 Å². The summed E-state index contributed by atoms with van der Waals surface area (Å²) in [6.07, 6.45) is 3.18. The number of anilines is 2. The number of thioether (sulfide) groups is 1. The molecule has 2 aliphatic rings. The first kappa shape index (κ1) is 20.8. The molecule has 1 atom stereocenters. The molecule has 11 heteroatoms. The van der Waals surface area contributed by atoms with Crippen LogP contribution in [0.25, 0.3) is 10.2 Å². The predicted molar refractivity (Wildman–Crippen MR) is 123 cm³/mol. The van der Waals surface area contributed by atoms with Gasteiger partial charge in [0.15, 0.2) is 16.7 Å². The Labute approximate surface area is 192 Å². The second-order valence-electron chi connectivity index (χ2n) is 7.78. The number of rotatable bonds is 4. The Kier molecular flexibility index (Phi) is 5.51. The number of nitrogens with zero attached hydrogens (tertiary/aromatic N) is 2. The number of nitrogen functional groups attached to an aromatic ring is 1. The quantitative estimate of drug-likeness (QED) is 0.389. The van der Waals surface area contributed by atoms with Crippen LogP contribution < -0.4 is 25.8 Å². The molecule has 1 aromatic carbocycles. The molecular weight excluding hydrogens is 450 g/mol. The summed E-state index contributed by atoms with van der Waals surface area (Å²) >= 11 is 2.80. The number of urea groups is 1. The number of fused-ring (bicyclic) bond motifs is 4. The number of nitrogens with one attached hydrogen (secondary N) is 2. The van der Waals surface area contributed by atoms with Gasteiger partial charge in [-0.2, -0.15) is 0 Å². The molecule has 32 heavy (non-hydrogen) atoms. The van der Waals surface area contributed by atoms with E-state index in [4.69, 9.17) is 15.2 Å². The highest BCUT2D eigenvalue weighted by atomic mass is 32.2. The first-order valence-electron chi connectivity index (χ1n) is 10.2. The summed E-state index contributed by atoms with van der Waals surface area (Å²) < 4.78 is 10.5. The molecule has 0 saturated heterocycles. The molecule has 3 amide bonds. The molecule has 0 fully saturated rings. The molecule has 5 rings (SSSR count). The molecule has 166 valence electrons. The average molecular weight is 472 g/mol. The van der Waals surface area contributed by atoms with E-state index in [9.17, 15) is 9.59 Å². The van der Waals surface area contributed by atoms with Crippen LogP contribution in [0.2, 0.25) is 0 Å². The zero-order chi connectivity index (χ0) is 22.2. The third-order valence-corrected chi connectivity index (χ3v) is 7.37. The van der Waals surface area contributed by atoms with Crippen molar-refractivity contribution in [1.82, 2.24) is 15.3 Å². The van der Waals surface area contributed by atoms with Gasteiger partial charge in [-0.15, -0.1) is 11.3 Å². The number of carbonyl (C=O) groups is 2. The van der Waals surface area contributed by atoms with Gasteiger partial charge in [-0.3, -0.25) is 10.1 Å². The minimum Gasteiger partial charge on any atom is -0.454 e. The van der Waals surface area contributed by atoms with Crippen LogP contribution in [0.4, 0.5) is 16.3 Å². The largest absolute Gasteiger partial charge is 0.454 e. The van der Waals surface area contributed by atoms with Gasteiger partial charge in [0.25, 0.3) is 0 Å². The lowest BCUT2D eigenvalue weighted by Gasteiger charge is -2.17. The van der Waals surface area contributed by atoms with Gasteiger partial charge < -0.3 is 20.5 Å². The minimum atomic E-state index is -0.634. The number of ether oxygens (including phenoxy) is 2. The Balaban J connectivity index is 1.20. The Hall–Kier alpha value is -3.05. The summed E-state index contributed by atoms with van der Waals surface area (Å²) in [7, 11) is 0. The smallest absolute Gasteiger partial charge is 0.325 e. The molecule has 2 aromatic heterocycles. The van der Waals surface area contributed by atoms with Crippen LogP contribution in [0.3, 0.4) is 0 Å². The van der Waals surface area contributed by atoms with Crippen molar-refractivity contribution in [3.63, 3.8) is 0 Å². The fourth-order valence-corrected chi connectivity index (χ4v) is 5.94. The average Bonchev–Trinajstić information content (AvgIpc) is 3.35. The van der Waals surface area contributed by atoms with E-state index in [1.165, 1.54) is 10.4 Å². The topological polar surface area (TPSA) is 128 Å². The van der Waals surface area contributed by atoms with E-state index in [-0.39, 0.29) is 12.5 Å². The Morgan fingerprint density at radius 2 is 2.12 bits per heavy atom. The second kappa shape index (κ2) is 8.47.